The molecule has 0 unspecified atom stereocenters. The Balaban J connectivity index is 2.03. The monoisotopic (exact) mass is 341 g/mol. The molecule has 1 N–H and O–H groups in total. The summed E-state index contributed by atoms with van der Waals surface area (Å²) >= 11 is 1.39. The fourth-order valence-electron chi connectivity index (χ4n) is 2.82. The minimum absolute atomic E-state index is 0.0324. The molecule has 24 heavy (non-hydrogen) atoms. The van der Waals surface area contributed by atoms with Gasteiger partial charge in [0.2, 0.25) is 0 Å². The molecule has 1 fully saturated rings. The van der Waals surface area contributed by atoms with E-state index in [1.165, 1.54) is 11.8 Å². The SMILES string of the molecule is CN=C1S/C(=C\c2cc(C)n(-c3ccc(O)cc3)c2C)C(=O)N1C. The number of hydrogen-bond donors (Lipinski definition) is 1. The van der Waals surface area contributed by atoms with Gasteiger partial charge in [-0.15, -0.1) is 0 Å². The number of carbonyl (C=O) groups excluding carboxylic acids is 1. The summed E-state index contributed by atoms with van der Waals surface area (Å²) in [5.41, 5.74) is 4.09. The van der Waals surface area contributed by atoms with Crippen molar-refractivity contribution in [2.24, 2.45) is 4.99 Å². The number of rotatable bonds is 2. The molecule has 6 heteroatoms. The Labute approximate surface area is 145 Å². The zero-order valence-electron chi connectivity index (χ0n) is 14.1. The van der Waals surface area contributed by atoms with E-state index in [-0.39, 0.29) is 11.7 Å². The summed E-state index contributed by atoms with van der Waals surface area (Å²) in [6.07, 6.45) is 1.92. The van der Waals surface area contributed by atoms with E-state index in [1.807, 2.05) is 32.1 Å². The Bertz CT molecular complexity index is 863. The molecule has 0 radical (unpaired) electrons. The third-order valence-corrected chi connectivity index (χ3v) is 5.21. The number of aromatic nitrogens is 1. The van der Waals surface area contributed by atoms with Crippen molar-refractivity contribution in [3.05, 3.63) is 52.2 Å². The van der Waals surface area contributed by atoms with Crippen molar-refractivity contribution in [2.45, 2.75) is 13.8 Å². The lowest BCUT2D eigenvalue weighted by Crippen LogP contribution is -2.23. The molecular weight excluding hydrogens is 322 g/mol. The number of aliphatic imine (C=N–C) groups is 1. The quantitative estimate of drug-likeness (QED) is 0.853. The van der Waals surface area contributed by atoms with Gasteiger partial charge in [0.15, 0.2) is 5.17 Å². The zero-order chi connectivity index (χ0) is 17.4. The van der Waals surface area contributed by atoms with Gasteiger partial charge in [-0.3, -0.25) is 14.7 Å². The van der Waals surface area contributed by atoms with E-state index >= 15 is 0 Å². The molecule has 5 nitrogen and oxygen atoms in total. The summed E-state index contributed by atoms with van der Waals surface area (Å²) in [5.74, 6) is 0.209. The molecule has 0 aliphatic carbocycles. The van der Waals surface area contributed by atoms with Crippen LogP contribution in [-0.4, -0.2) is 39.7 Å². The minimum Gasteiger partial charge on any atom is -0.508 e. The van der Waals surface area contributed by atoms with E-state index < -0.39 is 0 Å². The van der Waals surface area contributed by atoms with E-state index in [4.69, 9.17) is 0 Å². The number of nitrogens with zero attached hydrogens (tertiary/aromatic N) is 3. The number of benzene rings is 1. The van der Waals surface area contributed by atoms with Crippen LogP contribution in [-0.2, 0) is 4.79 Å². The van der Waals surface area contributed by atoms with Crippen LogP contribution in [0.2, 0.25) is 0 Å². The van der Waals surface area contributed by atoms with Gasteiger partial charge in [0, 0.05) is 31.2 Å². The smallest absolute Gasteiger partial charge is 0.266 e. The summed E-state index contributed by atoms with van der Waals surface area (Å²) in [7, 11) is 3.42. The van der Waals surface area contributed by atoms with E-state index in [1.54, 1.807) is 31.1 Å². The fraction of sp³-hybridized carbons (Fsp3) is 0.222. The van der Waals surface area contributed by atoms with Crippen molar-refractivity contribution < 1.29 is 9.90 Å². The molecule has 1 amide bonds. The zero-order valence-corrected chi connectivity index (χ0v) is 14.9. The number of amidine groups is 1. The summed E-state index contributed by atoms with van der Waals surface area (Å²) in [4.78, 5) is 18.7. The molecule has 0 bridgehead atoms. The van der Waals surface area contributed by atoms with Crippen molar-refractivity contribution in [3.8, 4) is 11.4 Å². The first-order valence-corrected chi connectivity index (χ1v) is 8.36. The largest absolute Gasteiger partial charge is 0.508 e. The second-order valence-electron chi connectivity index (χ2n) is 5.66. The third kappa shape index (κ3) is 2.73. The standard InChI is InChI=1S/C18H19N3O2S/c1-11-9-13(10-16-17(23)20(4)18(19-3)24-16)12(2)21(11)14-5-7-15(22)8-6-14/h5-10,22H,1-4H3/b16-10-,19-18?. The van der Waals surface area contributed by atoms with Crippen LogP contribution in [0, 0.1) is 13.8 Å². The summed E-state index contributed by atoms with van der Waals surface area (Å²) in [6.45, 7) is 4.05. The normalized spacial score (nSPS) is 18.2. The Morgan fingerprint density at radius 1 is 1.21 bits per heavy atom. The number of amides is 1. The molecule has 1 aliphatic heterocycles. The van der Waals surface area contributed by atoms with Gasteiger partial charge in [-0.1, -0.05) is 0 Å². The van der Waals surface area contributed by atoms with E-state index in [0.717, 1.165) is 22.6 Å². The first-order chi connectivity index (χ1) is 11.4. The molecule has 124 valence electrons. The molecule has 0 saturated carbocycles. The van der Waals surface area contributed by atoms with E-state index in [2.05, 4.69) is 15.6 Å². The van der Waals surface area contributed by atoms with Crippen LogP contribution in [0.25, 0.3) is 11.8 Å². The molecule has 2 aromatic rings. The van der Waals surface area contributed by atoms with Gasteiger partial charge in [-0.25, -0.2) is 0 Å². The molecule has 0 atom stereocenters. The number of hydrogen-bond acceptors (Lipinski definition) is 4. The van der Waals surface area contributed by atoms with Gasteiger partial charge in [0.1, 0.15) is 5.75 Å². The highest BCUT2D eigenvalue weighted by molar-refractivity contribution is 8.18. The summed E-state index contributed by atoms with van der Waals surface area (Å²) < 4.78 is 2.11. The van der Waals surface area contributed by atoms with Crippen molar-refractivity contribution in [3.63, 3.8) is 0 Å². The van der Waals surface area contributed by atoms with E-state index in [0.29, 0.717) is 10.1 Å². The van der Waals surface area contributed by atoms with Gasteiger partial charge in [-0.05, 0) is 67.6 Å². The fourth-order valence-corrected chi connectivity index (χ4v) is 3.74. The number of aromatic hydroxyl groups is 1. The molecule has 1 aliphatic rings. The molecule has 3 rings (SSSR count). The van der Waals surface area contributed by atoms with Crippen molar-refractivity contribution >= 4 is 28.9 Å². The lowest BCUT2D eigenvalue weighted by Gasteiger charge is -2.09. The van der Waals surface area contributed by atoms with Gasteiger partial charge >= 0.3 is 0 Å². The van der Waals surface area contributed by atoms with Crippen LogP contribution in [0.3, 0.4) is 0 Å². The summed E-state index contributed by atoms with van der Waals surface area (Å²) in [5, 5.41) is 10.2. The number of phenolic OH excluding ortho intramolecular Hbond substituents is 1. The first-order valence-electron chi connectivity index (χ1n) is 7.55. The maximum absolute atomic E-state index is 12.3. The molecular formula is C18H19N3O2S. The lowest BCUT2D eigenvalue weighted by atomic mass is 10.2. The van der Waals surface area contributed by atoms with Crippen LogP contribution in [0.1, 0.15) is 17.0 Å². The van der Waals surface area contributed by atoms with Crippen molar-refractivity contribution in [1.29, 1.82) is 0 Å². The van der Waals surface area contributed by atoms with Crippen LogP contribution in [0.5, 0.6) is 5.75 Å². The van der Waals surface area contributed by atoms with E-state index in [9.17, 15) is 9.90 Å². The first kappa shape index (κ1) is 16.4. The second-order valence-corrected chi connectivity index (χ2v) is 6.67. The topological polar surface area (TPSA) is 57.8 Å². The predicted molar refractivity (Wildman–Crippen MR) is 98.6 cm³/mol. The highest BCUT2D eigenvalue weighted by Crippen LogP contribution is 2.33. The third-order valence-electron chi connectivity index (χ3n) is 4.06. The molecule has 2 heterocycles. The molecule has 1 saturated heterocycles. The Morgan fingerprint density at radius 3 is 2.46 bits per heavy atom. The number of phenols is 1. The Hall–Kier alpha value is -2.47. The highest BCUT2D eigenvalue weighted by atomic mass is 32.2. The maximum atomic E-state index is 12.3. The Morgan fingerprint density at radius 2 is 1.88 bits per heavy atom. The molecule has 1 aromatic heterocycles. The average Bonchev–Trinajstić information content (AvgIpc) is 2.99. The minimum atomic E-state index is -0.0324. The predicted octanol–water partition coefficient (Wildman–Crippen LogP) is 3.33. The number of likely N-dealkylation sites (N-methyl/N-ethyl adjacent to an activating group) is 1. The maximum Gasteiger partial charge on any atom is 0.266 e. The van der Waals surface area contributed by atoms with Gasteiger partial charge < -0.3 is 9.67 Å². The van der Waals surface area contributed by atoms with Crippen molar-refractivity contribution in [1.82, 2.24) is 9.47 Å². The van der Waals surface area contributed by atoms with Gasteiger partial charge in [0.05, 0.1) is 4.91 Å². The number of aryl methyl sites for hydroxylation is 1. The van der Waals surface area contributed by atoms with Crippen LogP contribution < -0.4 is 0 Å². The number of carbonyl (C=O) groups is 1. The number of thioether (sulfide) groups is 1. The average molecular weight is 341 g/mol. The molecule has 0 spiro atoms. The van der Waals surface area contributed by atoms with Crippen LogP contribution >= 0.6 is 11.8 Å². The Kier molecular flexibility index (Phi) is 4.24. The van der Waals surface area contributed by atoms with Crippen LogP contribution in [0.4, 0.5) is 0 Å². The van der Waals surface area contributed by atoms with Crippen LogP contribution in [0.15, 0.2) is 40.2 Å². The highest BCUT2D eigenvalue weighted by Gasteiger charge is 2.30. The summed E-state index contributed by atoms with van der Waals surface area (Å²) in [6, 6.07) is 9.14. The second kappa shape index (κ2) is 6.20. The van der Waals surface area contributed by atoms with Crippen molar-refractivity contribution in [2.75, 3.05) is 14.1 Å². The van der Waals surface area contributed by atoms with Gasteiger partial charge in [-0.2, -0.15) is 0 Å². The van der Waals surface area contributed by atoms with Gasteiger partial charge in [0.25, 0.3) is 5.91 Å². The molecule has 1 aromatic carbocycles. The lowest BCUT2D eigenvalue weighted by molar-refractivity contribution is -0.121.